The summed E-state index contributed by atoms with van der Waals surface area (Å²) in [6, 6.07) is 0. The Labute approximate surface area is 145 Å². The number of nitrogens with zero attached hydrogens (tertiary/aromatic N) is 3. The third-order valence-electron chi connectivity index (χ3n) is 5.03. The van der Waals surface area contributed by atoms with Gasteiger partial charge in [0.05, 0.1) is 0 Å². The number of anilines is 1. The van der Waals surface area contributed by atoms with Crippen LogP contribution >= 0.6 is 11.3 Å². The molecule has 2 heterocycles. The number of carbonyl (C=O) groups is 1. The molecule has 128 valence electrons. The van der Waals surface area contributed by atoms with E-state index in [1.165, 1.54) is 49.9 Å². The maximum Gasteiger partial charge on any atom is 0.279 e. The van der Waals surface area contributed by atoms with Crippen molar-refractivity contribution in [1.82, 2.24) is 15.4 Å². The molecule has 0 unspecified atom stereocenters. The van der Waals surface area contributed by atoms with Crippen LogP contribution in [-0.2, 0) is 12.8 Å². The van der Waals surface area contributed by atoms with E-state index in [9.17, 15) is 4.79 Å². The molecule has 1 saturated carbocycles. The number of amides is 1. The third-order valence-corrected chi connectivity index (χ3v) is 6.03. The summed E-state index contributed by atoms with van der Waals surface area (Å²) in [5, 5.41) is 16.9. The van der Waals surface area contributed by atoms with Gasteiger partial charge in [-0.05, 0) is 32.1 Å². The fourth-order valence-electron chi connectivity index (χ4n) is 3.70. The Morgan fingerprint density at radius 3 is 2.71 bits per heavy atom. The summed E-state index contributed by atoms with van der Waals surface area (Å²) >= 11 is 1.49. The molecule has 1 N–H and O–H groups in total. The smallest absolute Gasteiger partial charge is 0.279 e. The normalized spacial score (nSPS) is 18.8. The second kappa shape index (κ2) is 7.01. The van der Waals surface area contributed by atoms with Crippen LogP contribution in [0.1, 0.15) is 84.1 Å². The van der Waals surface area contributed by atoms with E-state index in [2.05, 4.69) is 20.7 Å². The lowest BCUT2D eigenvalue weighted by Crippen LogP contribution is -2.14. The number of hydrogen-bond donors (Lipinski definition) is 1. The highest BCUT2D eigenvalue weighted by atomic mass is 32.1. The van der Waals surface area contributed by atoms with E-state index >= 15 is 0 Å². The van der Waals surface area contributed by atoms with Crippen LogP contribution in [0.2, 0.25) is 0 Å². The third kappa shape index (κ3) is 3.22. The number of nitrogens with one attached hydrogen (secondary N) is 1. The van der Waals surface area contributed by atoms with Crippen molar-refractivity contribution in [3.05, 3.63) is 22.0 Å². The zero-order chi connectivity index (χ0) is 16.4. The highest BCUT2D eigenvalue weighted by molar-refractivity contribution is 7.15. The highest BCUT2D eigenvalue weighted by Gasteiger charge is 2.25. The topological polar surface area (TPSA) is 80.9 Å². The van der Waals surface area contributed by atoms with Crippen molar-refractivity contribution in [2.45, 2.75) is 70.1 Å². The summed E-state index contributed by atoms with van der Waals surface area (Å²) in [6.45, 7) is 0. The lowest BCUT2D eigenvalue weighted by molar-refractivity contribution is 0.101. The molecule has 0 radical (unpaired) electrons. The molecule has 4 rings (SSSR count). The zero-order valence-corrected chi connectivity index (χ0v) is 14.5. The monoisotopic (exact) mass is 346 g/mol. The van der Waals surface area contributed by atoms with E-state index in [0.717, 1.165) is 42.0 Å². The summed E-state index contributed by atoms with van der Waals surface area (Å²) in [5.74, 6) is 1.15. The maximum atomic E-state index is 12.6. The van der Waals surface area contributed by atoms with Crippen molar-refractivity contribution in [3.63, 3.8) is 0 Å². The maximum absolute atomic E-state index is 12.6. The molecule has 0 bridgehead atoms. The van der Waals surface area contributed by atoms with Crippen LogP contribution in [0.4, 0.5) is 5.13 Å². The molecular weight excluding hydrogens is 324 g/mol. The zero-order valence-electron chi connectivity index (χ0n) is 13.7. The quantitative estimate of drug-likeness (QED) is 0.846. The standard InChI is InChI=1S/C17H22N4O2S/c22-15(14-12-9-5-2-6-10-13(12)23-21-14)18-17-20-19-16(24-17)11-7-3-1-4-8-11/h11H,1-10H2,(H,18,20,22). The minimum Gasteiger partial charge on any atom is -0.360 e. The van der Waals surface area contributed by atoms with Gasteiger partial charge in [-0.2, -0.15) is 0 Å². The SMILES string of the molecule is O=C(Nc1nnc(C2CCCCC2)s1)c1noc2c1CCCCC2. The van der Waals surface area contributed by atoms with Crippen LogP contribution in [0.15, 0.2) is 4.52 Å². The largest absolute Gasteiger partial charge is 0.360 e. The van der Waals surface area contributed by atoms with Gasteiger partial charge in [-0.15, -0.1) is 10.2 Å². The van der Waals surface area contributed by atoms with Crippen molar-refractivity contribution < 1.29 is 9.32 Å². The van der Waals surface area contributed by atoms with Crippen molar-refractivity contribution in [1.29, 1.82) is 0 Å². The van der Waals surface area contributed by atoms with Gasteiger partial charge in [-0.25, -0.2) is 0 Å². The predicted molar refractivity (Wildman–Crippen MR) is 91.5 cm³/mol. The van der Waals surface area contributed by atoms with Crippen LogP contribution < -0.4 is 5.32 Å². The number of hydrogen-bond acceptors (Lipinski definition) is 6. The molecule has 0 saturated heterocycles. The number of rotatable bonds is 3. The van der Waals surface area contributed by atoms with E-state index in [1.807, 2.05) is 0 Å². The van der Waals surface area contributed by atoms with Gasteiger partial charge in [-0.1, -0.05) is 42.2 Å². The van der Waals surface area contributed by atoms with Gasteiger partial charge in [0, 0.05) is 17.9 Å². The molecule has 7 heteroatoms. The van der Waals surface area contributed by atoms with Crippen LogP contribution in [-0.4, -0.2) is 21.3 Å². The molecule has 24 heavy (non-hydrogen) atoms. The van der Waals surface area contributed by atoms with Crippen LogP contribution in [0.25, 0.3) is 0 Å². The second-order valence-corrected chi connectivity index (χ2v) is 7.74. The minimum absolute atomic E-state index is 0.228. The molecule has 0 spiro atoms. The first-order valence-corrected chi connectivity index (χ1v) is 9.75. The molecule has 2 aromatic heterocycles. The average Bonchev–Trinajstić information content (AvgIpc) is 3.17. The minimum atomic E-state index is -0.228. The number of fused-ring (bicyclic) bond motifs is 1. The molecule has 1 fully saturated rings. The molecule has 0 atom stereocenters. The number of aryl methyl sites for hydroxylation is 1. The molecule has 0 aromatic carbocycles. The van der Waals surface area contributed by atoms with E-state index in [0.29, 0.717) is 16.7 Å². The van der Waals surface area contributed by atoms with Crippen LogP contribution in [0.3, 0.4) is 0 Å². The Morgan fingerprint density at radius 1 is 1.04 bits per heavy atom. The van der Waals surface area contributed by atoms with Crippen molar-refractivity contribution in [2.75, 3.05) is 5.32 Å². The first-order valence-electron chi connectivity index (χ1n) is 8.93. The van der Waals surface area contributed by atoms with Crippen molar-refractivity contribution in [3.8, 4) is 0 Å². The van der Waals surface area contributed by atoms with Gasteiger partial charge in [0.1, 0.15) is 10.8 Å². The fraction of sp³-hybridized carbons (Fsp3) is 0.647. The molecule has 2 aliphatic carbocycles. The van der Waals surface area contributed by atoms with E-state index < -0.39 is 0 Å². The Morgan fingerprint density at radius 2 is 1.83 bits per heavy atom. The van der Waals surface area contributed by atoms with Gasteiger partial charge in [0.15, 0.2) is 5.69 Å². The van der Waals surface area contributed by atoms with Crippen LogP contribution in [0.5, 0.6) is 0 Å². The first kappa shape index (κ1) is 15.7. The van der Waals surface area contributed by atoms with Gasteiger partial charge in [0.25, 0.3) is 5.91 Å². The van der Waals surface area contributed by atoms with Gasteiger partial charge >= 0.3 is 0 Å². The number of carbonyl (C=O) groups excluding carboxylic acids is 1. The Balaban J connectivity index is 1.46. The van der Waals surface area contributed by atoms with Gasteiger partial charge in [0.2, 0.25) is 5.13 Å². The highest BCUT2D eigenvalue weighted by Crippen LogP contribution is 2.35. The Hall–Kier alpha value is -1.76. The van der Waals surface area contributed by atoms with E-state index in [4.69, 9.17) is 4.52 Å². The van der Waals surface area contributed by atoms with E-state index in [-0.39, 0.29) is 5.91 Å². The lowest BCUT2D eigenvalue weighted by Gasteiger charge is -2.18. The Bertz CT molecular complexity index is 718. The summed E-state index contributed by atoms with van der Waals surface area (Å²) in [4.78, 5) is 12.6. The molecular formula is C17H22N4O2S. The summed E-state index contributed by atoms with van der Waals surface area (Å²) < 4.78 is 5.38. The molecule has 1 amide bonds. The lowest BCUT2D eigenvalue weighted by atomic mass is 9.90. The number of aromatic nitrogens is 3. The van der Waals surface area contributed by atoms with Crippen molar-refractivity contribution in [2.24, 2.45) is 0 Å². The van der Waals surface area contributed by atoms with E-state index in [1.54, 1.807) is 0 Å². The van der Waals surface area contributed by atoms with Gasteiger partial charge in [-0.3, -0.25) is 10.1 Å². The van der Waals surface area contributed by atoms with Gasteiger partial charge < -0.3 is 4.52 Å². The molecule has 2 aromatic rings. The molecule has 2 aliphatic rings. The summed E-state index contributed by atoms with van der Waals surface area (Å²) in [7, 11) is 0. The predicted octanol–water partition coefficient (Wildman–Crippen LogP) is 4.10. The van der Waals surface area contributed by atoms with Crippen molar-refractivity contribution >= 4 is 22.4 Å². The molecule has 0 aliphatic heterocycles. The summed E-state index contributed by atoms with van der Waals surface area (Å²) in [6.07, 6.45) is 11.3. The van der Waals surface area contributed by atoms with Crippen LogP contribution in [0, 0.1) is 0 Å². The summed E-state index contributed by atoms with van der Waals surface area (Å²) in [5.41, 5.74) is 1.39. The fourth-order valence-corrected chi connectivity index (χ4v) is 4.60. The second-order valence-electron chi connectivity index (χ2n) is 6.73. The first-order chi connectivity index (χ1) is 11.8. The molecule has 6 nitrogen and oxygen atoms in total. The average molecular weight is 346 g/mol. The Kier molecular flexibility index (Phi) is 4.60.